The van der Waals surface area contributed by atoms with Gasteiger partial charge in [0.15, 0.2) is 0 Å². The van der Waals surface area contributed by atoms with Gasteiger partial charge in [0.25, 0.3) is 5.91 Å². The van der Waals surface area contributed by atoms with Gasteiger partial charge in [0.05, 0.1) is 22.7 Å². The van der Waals surface area contributed by atoms with Crippen molar-refractivity contribution < 1.29 is 26.4 Å². The maximum absolute atomic E-state index is 13.0. The van der Waals surface area contributed by atoms with Crippen LogP contribution in [0.15, 0.2) is 48.5 Å². The molecule has 2 aromatic rings. The van der Waals surface area contributed by atoms with Gasteiger partial charge in [-0.1, -0.05) is 12.1 Å². The van der Waals surface area contributed by atoms with E-state index in [1.807, 2.05) is 0 Å². The third kappa shape index (κ3) is 4.79. The number of hydrogen-bond acceptors (Lipinski definition) is 3. The predicted molar refractivity (Wildman–Crippen MR) is 98.3 cm³/mol. The molecule has 0 saturated heterocycles. The van der Waals surface area contributed by atoms with Gasteiger partial charge in [-0.15, -0.1) is 0 Å². The molecule has 27 heavy (non-hydrogen) atoms. The minimum Gasteiger partial charge on any atom is -0.321 e. The largest absolute Gasteiger partial charge is 0.418 e. The molecule has 0 unspecified atom stereocenters. The van der Waals surface area contributed by atoms with Gasteiger partial charge in [0.1, 0.15) is 0 Å². The molecule has 0 bridgehead atoms. The lowest BCUT2D eigenvalue weighted by Crippen LogP contribution is -2.32. The number of hydrogen-bond donors (Lipinski definition) is 1. The number of nitrogens with zero attached hydrogens (tertiary/aromatic N) is 1. The molecule has 9 heteroatoms. The van der Waals surface area contributed by atoms with Gasteiger partial charge in [-0.3, -0.25) is 9.10 Å². The zero-order valence-corrected chi connectivity index (χ0v) is 15.6. The Morgan fingerprint density at radius 2 is 1.63 bits per heavy atom. The second-order valence-corrected chi connectivity index (χ2v) is 7.79. The molecule has 0 atom stereocenters. The normalized spacial score (nSPS) is 11.9. The first kappa shape index (κ1) is 20.8. The van der Waals surface area contributed by atoms with Crippen LogP contribution in [0.1, 0.15) is 29.8 Å². The van der Waals surface area contributed by atoms with Crippen LogP contribution in [-0.2, 0) is 16.2 Å². The Bertz CT molecular complexity index is 910. The fraction of sp³-hybridized carbons (Fsp3) is 0.278. The number of amides is 1. The van der Waals surface area contributed by atoms with Crippen LogP contribution < -0.4 is 9.62 Å². The lowest BCUT2D eigenvalue weighted by molar-refractivity contribution is -0.136. The summed E-state index contributed by atoms with van der Waals surface area (Å²) in [5.41, 5.74) is -0.795. The fourth-order valence-corrected chi connectivity index (χ4v) is 3.66. The van der Waals surface area contributed by atoms with E-state index in [1.165, 1.54) is 53.7 Å². The van der Waals surface area contributed by atoms with Gasteiger partial charge in [-0.2, -0.15) is 13.2 Å². The number of nitrogens with one attached hydrogen (secondary N) is 1. The number of carbonyl (C=O) groups excluding carboxylic acids is 1. The van der Waals surface area contributed by atoms with Crippen molar-refractivity contribution in [3.05, 3.63) is 59.7 Å². The number of para-hydroxylation sites is 1. The van der Waals surface area contributed by atoms with Crippen molar-refractivity contribution in [3.8, 4) is 0 Å². The average molecular weight is 400 g/mol. The number of sulfonamides is 1. The molecule has 5 nitrogen and oxygen atoms in total. The van der Waals surface area contributed by atoms with Crippen LogP contribution in [0, 0.1) is 0 Å². The molecule has 0 aliphatic heterocycles. The highest BCUT2D eigenvalue weighted by Crippen LogP contribution is 2.34. The first-order chi connectivity index (χ1) is 12.6. The van der Waals surface area contributed by atoms with Gasteiger partial charge in [-0.25, -0.2) is 8.42 Å². The first-order valence-electron chi connectivity index (χ1n) is 8.18. The zero-order chi connectivity index (χ0) is 20.2. The Labute approximate surface area is 155 Å². The number of benzene rings is 2. The molecular weight excluding hydrogens is 381 g/mol. The average Bonchev–Trinajstić information content (AvgIpc) is 2.62. The molecular formula is C18H19F3N2O3S. The second kappa shape index (κ2) is 7.99. The Balaban J connectivity index is 2.25. The molecule has 2 rings (SSSR count). The van der Waals surface area contributed by atoms with E-state index in [9.17, 15) is 26.4 Å². The van der Waals surface area contributed by atoms with Crippen LogP contribution in [0.25, 0.3) is 0 Å². The third-order valence-electron chi connectivity index (χ3n) is 3.89. The minimum absolute atomic E-state index is 0.0721. The third-order valence-corrected chi connectivity index (χ3v) is 5.76. The van der Waals surface area contributed by atoms with Crippen molar-refractivity contribution in [1.29, 1.82) is 0 Å². The predicted octanol–water partition coefficient (Wildman–Crippen LogP) is 4.13. The van der Waals surface area contributed by atoms with Crippen LogP contribution in [0.3, 0.4) is 0 Å². The van der Waals surface area contributed by atoms with E-state index in [0.29, 0.717) is 5.69 Å². The van der Waals surface area contributed by atoms with Crippen molar-refractivity contribution in [2.45, 2.75) is 20.0 Å². The topological polar surface area (TPSA) is 66.5 Å². The zero-order valence-electron chi connectivity index (χ0n) is 14.7. The van der Waals surface area contributed by atoms with E-state index in [-0.39, 0.29) is 23.5 Å². The van der Waals surface area contributed by atoms with E-state index >= 15 is 0 Å². The highest BCUT2D eigenvalue weighted by atomic mass is 32.2. The number of halogens is 3. The molecule has 0 aromatic heterocycles. The number of carbonyl (C=O) groups is 1. The number of rotatable bonds is 6. The standard InChI is InChI=1S/C18H19F3N2O3S/c1-3-23(27(25,26)4-2)14-11-9-13(10-12-14)17(24)22-16-8-6-5-7-15(16)18(19,20)21/h5-12H,3-4H2,1-2H3,(H,22,24). The summed E-state index contributed by atoms with van der Waals surface area (Å²) in [4.78, 5) is 12.3. The summed E-state index contributed by atoms with van der Waals surface area (Å²) in [7, 11) is -3.46. The second-order valence-electron chi connectivity index (χ2n) is 5.61. The Hall–Kier alpha value is -2.55. The van der Waals surface area contributed by atoms with Gasteiger partial charge in [0, 0.05) is 12.1 Å². The molecule has 0 radical (unpaired) electrons. The van der Waals surface area contributed by atoms with Crippen LogP contribution >= 0.6 is 0 Å². The Kier molecular flexibility index (Phi) is 6.15. The van der Waals surface area contributed by atoms with E-state index in [4.69, 9.17) is 0 Å². The number of anilines is 2. The van der Waals surface area contributed by atoms with Gasteiger partial charge in [-0.05, 0) is 50.2 Å². The van der Waals surface area contributed by atoms with Gasteiger partial charge >= 0.3 is 6.18 Å². The van der Waals surface area contributed by atoms with Crippen molar-refractivity contribution >= 4 is 27.3 Å². The monoisotopic (exact) mass is 400 g/mol. The van der Waals surface area contributed by atoms with Crippen molar-refractivity contribution in [2.24, 2.45) is 0 Å². The van der Waals surface area contributed by atoms with Crippen molar-refractivity contribution in [1.82, 2.24) is 0 Å². The molecule has 2 aromatic carbocycles. The molecule has 0 spiro atoms. The Morgan fingerprint density at radius 3 is 2.15 bits per heavy atom. The maximum Gasteiger partial charge on any atom is 0.418 e. The van der Waals surface area contributed by atoms with Crippen LogP contribution in [0.4, 0.5) is 24.5 Å². The smallest absolute Gasteiger partial charge is 0.321 e. The molecule has 0 fully saturated rings. The lowest BCUT2D eigenvalue weighted by atomic mass is 10.1. The molecule has 146 valence electrons. The van der Waals surface area contributed by atoms with E-state index in [1.54, 1.807) is 6.92 Å². The highest BCUT2D eigenvalue weighted by Gasteiger charge is 2.33. The van der Waals surface area contributed by atoms with E-state index in [0.717, 1.165) is 6.07 Å². The molecule has 1 N–H and O–H groups in total. The van der Waals surface area contributed by atoms with E-state index < -0.39 is 27.7 Å². The summed E-state index contributed by atoms with van der Waals surface area (Å²) >= 11 is 0. The summed E-state index contributed by atoms with van der Waals surface area (Å²) in [5.74, 6) is -0.795. The van der Waals surface area contributed by atoms with Crippen LogP contribution in [0.5, 0.6) is 0 Å². The number of alkyl halides is 3. The molecule has 0 aliphatic carbocycles. The quantitative estimate of drug-likeness (QED) is 0.793. The van der Waals surface area contributed by atoms with Crippen molar-refractivity contribution in [2.75, 3.05) is 21.9 Å². The molecule has 0 saturated carbocycles. The fourth-order valence-electron chi connectivity index (χ4n) is 2.51. The van der Waals surface area contributed by atoms with Crippen LogP contribution in [-0.4, -0.2) is 26.6 Å². The summed E-state index contributed by atoms with van der Waals surface area (Å²) in [6.45, 7) is 3.43. The van der Waals surface area contributed by atoms with Crippen LogP contribution in [0.2, 0.25) is 0 Å². The van der Waals surface area contributed by atoms with Gasteiger partial charge in [0.2, 0.25) is 10.0 Å². The Morgan fingerprint density at radius 1 is 1.04 bits per heavy atom. The molecule has 0 heterocycles. The maximum atomic E-state index is 13.0. The van der Waals surface area contributed by atoms with Gasteiger partial charge < -0.3 is 5.32 Å². The van der Waals surface area contributed by atoms with E-state index in [2.05, 4.69) is 5.32 Å². The molecule has 0 aliphatic rings. The summed E-state index contributed by atoms with van der Waals surface area (Å²) in [6, 6.07) is 10.3. The summed E-state index contributed by atoms with van der Waals surface area (Å²) in [5, 5.41) is 2.25. The minimum atomic E-state index is -4.59. The first-order valence-corrected chi connectivity index (χ1v) is 9.79. The SMILES string of the molecule is CCN(c1ccc(C(=O)Nc2ccccc2C(F)(F)F)cc1)S(=O)(=O)CC. The lowest BCUT2D eigenvalue weighted by Gasteiger charge is -2.22. The summed E-state index contributed by atoms with van der Waals surface area (Å²) < 4.78 is 64.4. The summed E-state index contributed by atoms with van der Waals surface area (Å²) in [6.07, 6.45) is -4.59. The van der Waals surface area contributed by atoms with Crippen molar-refractivity contribution in [3.63, 3.8) is 0 Å². The highest BCUT2D eigenvalue weighted by molar-refractivity contribution is 7.92. The molecule has 1 amide bonds.